The van der Waals surface area contributed by atoms with Gasteiger partial charge in [0.1, 0.15) is 0 Å². The van der Waals surface area contributed by atoms with Gasteiger partial charge in [0.15, 0.2) is 0 Å². The van der Waals surface area contributed by atoms with E-state index >= 15 is 0 Å². The van der Waals surface area contributed by atoms with Gasteiger partial charge in [-0.3, -0.25) is 9.48 Å². The van der Waals surface area contributed by atoms with Crippen molar-refractivity contribution in [1.82, 2.24) is 14.1 Å². The first kappa shape index (κ1) is 21.3. The zero-order valence-corrected chi connectivity index (χ0v) is 18.3. The number of carbonyl (C=O) groups is 1. The number of piperidine rings is 1. The van der Waals surface area contributed by atoms with E-state index in [9.17, 15) is 13.2 Å². The van der Waals surface area contributed by atoms with Gasteiger partial charge in [0, 0.05) is 24.8 Å². The Bertz CT molecular complexity index is 1130. The fraction of sp³-hybridized carbons (Fsp3) is 0.304. The molecule has 0 spiro atoms. The van der Waals surface area contributed by atoms with E-state index in [0.717, 1.165) is 18.4 Å². The Morgan fingerprint density at radius 3 is 2.42 bits per heavy atom. The van der Waals surface area contributed by atoms with Gasteiger partial charge in [0.05, 0.1) is 23.3 Å². The summed E-state index contributed by atoms with van der Waals surface area (Å²) in [6.07, 6.45) is 5.10. The molecule has 1 aliphatic rings. The van der Waals surface area contributed by atoms with Gasteiger partial charge < -0.3 is 5.32 Å². The lowest BCUT2D eigenvalue weighted by Crippen LogP contribution is -2.37. The van der Waals surface area contributed by atoms with E-state index in [1.807, 2.05) is 30.3 Å². The molecular formula is C23H26N4O3S. The predicted octanol–water partition coefficient (Wildman–Crippen LogP) is 3.60. The van der Waals surface area contributed by atoms with Crippen LogP contribution in [0.1, 0.15) is 35.7 Å². The molecule has 2 heterocycles. The third-order valence-electron chi connectivity index (χ3n) is 5.58. The van der Waals surface area contributed by atoms with E-state index in [2.05, 4.69) is 17.3 Å². The average molecular weight is 439 g/mol. The number of nitrogens with one attached hydrogen (secondary N) is 1. The van der Waals surface area contributed by atoms with Gasteiger partial charge in [0.25, 0.3) is 5.91 Å². The fourth-order valence-corrected chi connectivity index (χ4v) is 5.11. The lowest BCUT2D eigenvalue weighted by atomic mass is 10.0. The second kappa shape index (κ2) is 9.03. The van der Waals surface area contributed by atoms with Crippen LogP contribution in [0.15, 0.2) is 71.9 Å². The number of nitrogens with zero attached hydrogens (tertiary/aromatic N) is 3. The van der Waals surface area contributed by atoms with Gasteiger partial charge >= 0.3 is 0 Å². The highest BCUT2D eigenvalue weighted by Gasteiger charge is 2.28. The van der Waals surface area contributed by atoms with Crippen LogP contribution in [0, 0.1) is 5.92 Å². The van der Waals surface area contributed by atoms with Gasteiger partial charge in [-0.25, -0.2) is 8.42 Å². The van der Waals surface area contributed by atoms with Crippen molar-refractivity contribution >= 4 is 21.6 Å². The van der Waals surface area contributed by atoms with Crippen LogP contribution in [0.5, 0.6) is 0 Å². The Morgan fingerprint density at radius 1 is 1.06 bits per heavy atom. The lowest BCUT2D eigenvalue weighted by molar-refractivity contribution is 0.102. The number of hydrogen-bond acceptors (Lipinski definition) is 4. The molecular weight excluding hydrogens is 412 g/mol. The molecule has 31 heavy (non-hydrogen) atoms. The Hall–Kier alpha value is -2.97. The smallest absolute Gasteiger partial charge is 0.255 e. The third kappa shape index (κ3) is 5.03. The quantitative estimate of drug-likeness (QED) is 0.637. The molecule has 0 atom stereocenters. The summed E-state index contributed by atoms with van der Waals surface area (Å²) in [5.41, 5.74) is 2.09. The first-order valence-corrected chi connectivity index (χ1v) is 11.8. The first-order chi connectivity index (χ1) is 14.9. The molecule has 1 N–H and O–H groups in total. The molecule has 0 saturated carbocycles. The number of benzene rings is 2. The highest BCUT2D eigenvalue weighted by Crippen LogP contribution is 2.23. The van der Waals surface area contributed by atoms with Crippen molar-refractivity contribution in [3.05, 3.63) is 78.1 Å². The molecule has 1 fully saturated rings. The molecule has 0 bridgehead atoms. The van der Waals surface area contributed by atoms with Crippen LogP contribution in [0.3, 0.4) is 0 Å². The minimum atomic E-state index is -3.52. The van der Waals surface area contributed by atoms with Crippen molar-refractivity contribution in [2.45, 2.75) is 31.2 Å². The maximum absolute atomic E-state index is 12.8. The minimum absolute atomic E-state index is 0.217. The summed E-state index contributed by atoms with van der Waals surface area (Å²) in [6.45, 7) is 3.83. The first-order valence-electron chi connectivity index (χ1n) is 10.4. The van der Waals surface area contributed by atoms with Gasteiger partial charge in [-0.1, -0.05) is 37.3 Å². The van der Waals surface area contributed by atoms with E-state index in [0.29, 0.717) is 36.8 Å². The molecule has 1 saturated heterocycles. The summed E-state index contributed by atoms with van der Waals surface area (Å²) >= 11 is 0. The van der Waals surface area contributed by atoms with Crippen LogP contribution in [-0.4, -0.2) is 41.5 Å². The number of sulfonamides is 1. The largest absolute Gasteiger partial charge is 0.319 e. The Labute approximate surface area is 182 Å². The van der Waals surface area contributed by atoms with Crippen LogP contribution < -0.4 is 5.32 Å². The van der Waals surface area contributed by atoms with E-state index in [-0.39, 0.29) is 10.8 Å². The van der Waals surface area contributed by atoms with Crippen molar-refractivity contribution < 1.29 is 13.2 Å². The molecule has 1 aliphatic heterocycles. The molecule has 7 nitrogen and oxygen atoms in total. The Morgan fingerprint density at radius 2 is 1.74 bits per heavy atom. The normalized spacial score (nSPS) is 15.6. The number of amides is 1. The van der Waals surface area contributed by atoms with Crippen molar-refractivity contribution in [1.29, 1.82) is 0 Å². The van der Waals surface area contributed by atoms with Crippen LogP contribution in [0.2, 0.25) is 0 Å². The summed E-state index contributed by atoms with van der Waals surface area (Å²) in [4.78, 5) is 12.8. The molecule has 1 amide bonds. The highest BCUT2D eigenvalue weighted by molar-refractivity contribution is 7.89. The molecule has 8 heteroatoms. The van der Waals surface area contributed by atoms with Crippen LogP contribution in [0.25, 0.3) is 0 Å². The fourth-order valence-electron chi connectivity index (χ4n) is 3.64. The van der Waals surface area contributed by atoms with Gasteiger partial charge in [0.2, 0.25) is 10.0 Å². The second-order valence-electron chi connectivity index (χ2n) is 7.98. The standard InChI is InChI=1S/C23H26N4O3S/c1-18-11-13-27(14-12-18)31(29,30)22-9-7-20(8-10-22)23(28)25-21-15-24-26(17-21)16-19-5-3-2-4-6-19/h2-10,15,17-18H,11-14,16H2,1H3,(H,25,28). The van der Waals surface area contributed by atoms with Gasteiger partial charge in [-0.2, -0.15) is 9.40 Å². The van der Waals surface area contributed by atoms with Crippen molar-refractivity contribution in [3.8, 4) is 0 Å². The zero-order valence-electron chi connectivity index (χ0n) is 17.4. The van der Waals surface area contributed by atoms with Crippen molar-refractivity contribution in [3.63, 3.8) is 0 Å². The molecule has 4 rings (SSSR count). The summed E-state index contributed by atoms with van der Waals surface area (Å²) in [5.74, 6) is 0.240. The topological polar surface area (TPSA) is 84.3 Å². The van der Waals surface area contributed by atoms with Gasteiger partial charge in [-0.05, 0) is 48.6 Å². The van der Waals surface area contributed by atoms with E-state index in [1.54, 1.807) is 29.2 Å². The molecule has 162 valence electrons. The summed E-state index contributed by atoms with van der Waals surface area (Å²) in [5, 5.41) is 7.09. The SMILES string of the molecule is CC1CCN(S(=O)(=O)c2ccc(C(=O)Nc3cnn(Cc4ccccc4)c3)cc2)CC1. The molecule has 3 aromatic rings. The van der Waals surface area contributed by atoms with E-state index < -0.39 is 10.0 Å². The summed E-state index contributed by atoms with van der Waals surface area (Å²) in [6, 6.07) is 16.0. The second-order valence-corrected chi connectivity index (χ2v) is 9.92. The maximum Gasteiger partial charge on any atom is 0.255 e. The summed E-state index contributed by atoms with van der Waals surface area (Å²) in [7, 11) is -3.52. The van der Waals surface area contributed by atoms with Crippen LogP contribution in [0.4, 0.5) is 5.69 Å². The average Bonchev–Trinajstić information content (AvgIpc) is 3.21. The number of aromatic nitrogens is 2. The van der Waals surface area contributed by atoms with Crippen LogP contribution in [-0.2, 0) is 16.6 Å². The molecule has 0 radical (unpaired) electrons. The summed E-state index contributed by atoms with van der Waals surface area (Å²) < 4.78 is 28.9. The lowest BCUT2D eigenvalue weighted by Gasteiger charge is -2.29. The number of carbonyl (C=O) groups excluding carboxylic acids is 1. The third-order valence-corrected chi connectivity index (χ3v) is 7.49. The number of rotatable bonds is 6. The Kier molecular flexibility index (Phi) is 6.20. The monoisotopic (exact) mass is 438 g/mol. The molecule has 2 aromatic carbocycles. The molecule has 0 aliphatic carbocycles. The van der Waals surface area contributed by atoms with E-state index in [4.69, 9.17) is 0 Å². The number of anilines is 1. The van der Waals surface area contributed by atoms with Crippen LogP contribution >= 0.6 is 0 Å². The minimum Gasteiger partial charge on any atom is -0.319 e. The van der Waals surface area contributed by atoms with Gasteiger partial charge in [-0.15, -0.1) is 0 Å². The number of hydrogen-bond donors (Lipinski definition) is 1. The van der Waals surface area contributed by atoms with Crippen molar-refractivity contribution in [2.75, 3.05) is 18.4 Å². The highest BCUT2D eigenvalue weighted by atomic mass is 32.2. The molecule has 1 aromatic heterocycles. The zero-order chi connectivity index (χ0) is 21.8. The maximum atomic E-state index is 12.8. The van der Waals surface area contributed by atoms with E-state index in [1.165, 1.54) is 16.4 Å². The van der Waals surface area contributed by atoms with Crippen molar-refractivity contribution in [2.24, 2.45) is 5.92 Å². The Balaban J connectivity index is 1.40. The molecule has 0 unspecified atom stereocenters. The predicted molar refractivity (Wildman–Crippen MR) is 119 cm³/mol.